The number of hydrogen-bond acceptors (Lipinski definition) is 6. The van der Waals surface area contributed by atoms with Crippen molar-refractivity contribution in [3.05, 3.63) is 66.0 Å². The number of methoxy groups -OCH3 is 1. The predicted molar refractivity (Wildman–Crippen MR) is 115 cm³/mol. The molecule has 1 aliphatic carbocycles. The Labute approximate surface area is 181 Å². The number of nitrogens with one attached hydrogen (secondary N) is 1. The van der Waals surface area contributed by atoms with Gasteiger partial charge in [-0.2, -0.15) is 5.10 Å². The molecular weight excluding hydrogens is 416 g/mol. The van der Waals surface area contributed by atoms with Crippen molar-refractivity contribution in [2.24, 2.45) is 0 Å². The molecule has 4 rings (SSSR count). The topological polar surface area (TPSA) is 103 Å². The van der Waals surface area contributed by atoms with Crippen molar-refractivity contribution in [2.45, 2.75) is 43.2 Å². The van der Waals surface area contributed by atoms with Crippen LogP contribution in [0.3, 0.4) is 0 Å². The first-order valence-corrected chi connectivity index (χ1v) is 11.6. The van der Waals surface area contributed by atoms with Gasteiger partial charge in [-0.25, -0.2) is 17.9 Å². The van der Waals surface area contributed by atoms with Gasteiger partial charge in [-0.1, -0.05) is 18.9 Å². The normalized spacial score (nSPS) is 14.6. The summed E-state index contributed by atoms with van der Waals surface area (Å²) in [6, 6.07) is 13.5. The maximum absolute atomic E-state index is 12.7. The lowest BCUT2D eigenvalue weighted by atomic mass is 10.2. The number of ether oxygens (including phenoxy) is 1. The van der Waals surface area contributed by atoms with Crippen molar-refractivity contribution in [3.63, 3.8) is 0 Å². The Morgan fingerprint density at radius 3 is 2.55 bits per heavy atom. The van der Waals surface area contributed by atoms with Gasteiger partial charge in [-0.3, -0.25) is 9.67 Å². The Hall–Kier alpha value is -3.04. The first-order valence-electron chi connectivity index (χ1n) is 10.2. The SMILES string of the molecule is COC(=O)c1ccc(S(=O)(=O)NCc2cc(-c3ccccn3)n(C3CCCC3)n2)cc1. The largest absolute Gasteiger partial charge is 0.465 e. The van der Waals surface area contributed by atoms with Crippen molar-refractivity contribution in [3.8, 4) is 11.4 Å². The molecule has 0 atom stereocenters. The van der Waals surface area contributed by atoms with E-state index in [0.29, 0.717) is 11.7 Å². The summed E-state index contributed by atoms with van der Waals surface area (Å²) in [5.41, 5.74) is 2.62. The summed E-state index contributed by atoms with van der Waals surface area (Å²) in [5, 5.41) is 4.70. The summed E-state index contributed by atoms with van der Waals surface area (Å²) in [6.07, 6.45) is 6.17. The lowest BCUT2D eigenvalue weighted by molar-refractivity contribution is 0.0600. The zero-order valence-corrected chi connectivity index (χ0v) is 18.0. The fourth-order valence-electron chi connectivity index (χ4n) is 3.80. The summed E-state index contributed by atoms with van der Waals surface area (Å²) >= 11 is 0. The highest BCUT2D eigenvalue weighted by molar-refractivity contribution is 7.89. The molecule has 9 heteroatoms. The van der Waals surface area contributed by atoms with Crippen molar-refractivity contribution >= 4 is 16.0 Å². The van der Waals surface area contributed by atoms with Crippen LogP contribution in [-0.2, 0) is 21.3 Å². The van der Waals surface area contributed by atoms with Crippen LogP contribution in [0.25, 0.3) is 11.4 Å². The van der Waals surface area contributed by atoms with Crippen molar-refractivity contribution < 1.29 is 17.9 Å². The number of sulfonamides is 1. The van der Waals surface area contributed by atoms with Crippen LogP contribution in [0.5, 0.6) is 0 Å². The second-order valence-electron chi connectivity index (χ2n) is 7.46. The van der Waals surface area contributed by atoms with Crippen LogP contribution in [0.2, 0.25) is 0 Å². The zero-order valence-electron chi connectivity index (χ0n) is 17.2. The molecule has 3 aromatic rings. The lowest BCUT2D eigenvalue weighted by Gasteiger charge is -2.13. The molecule has 0 aliphatic heterocycles. The van der Waals surface area contributed by atoms with E-state index < -0.39 is 16.0 Å². The summed E-state index contributed by atoms with van der Waals surface area (Å²) in [6.45, 7) is 0.0562. The Morgan fingerprint density at radius 1 is 1.16 bits per heavy atom. The standard InChI is InChI=1S/C22H24N4O4S/c1-30-22(27)16-9-11-19(12-10-16)31(28,29)24-15-17-14-21(20-8-4-5-13-23-20)26(25-17)18-6-2-3-7-18/h4-5,8-14,18,24H,2-3,6-7,15H2,1H3. The number of hydrogen-bond donors (Lipinski definition) is 1. The maximum atomic E-state index is 12.7. The minimum atomic E-state index is -3.76. The van der Waals surface area contributed by atoms with Gasteiger partial charge in [0, 0.05) is 6.20 Å². The molecule has 0 saturated heterocycles. The molecule has 0 amide bonds. The third-order valence-corrected chi connectivity index (χ3v) is 6.83. The number of rotatable bonds is 7. The molecule has 162 valence electrons. The Balaban J connectivity index is 1.54. The molecule has 2 heterocycles. The molecule has 0 unspecified atom stereocenters. The average molecular weight is 441 g/mol. The summed E-state index contributed by atoms with van der Waals surface area (Å²) in [5.74, 6) is -0.517. The molecule has 1 aliphatic rings. The summed E-state index contributed by atoms with van der Waals surface area (Å²) in [4.78, 5) is 16.1. The summed E-state index contributed by atoms with van der Waals surface area (Å²) < 4.78 is 34.6. The molecule has 1 N–H and O–H groups in total. The second-order valence-corrected chi connectivity index (χ2v) is 9.23. The Bertz CT molecular complexity index is 1150. The molecule has 0 spiro atoms. The van der Waals surface area contributed by atoms with E-state index >= 15 is 0 Å². The number of esters is 1. The molecular formula is C22H24N4O4S. The van der Waals surface area contributed by atoms with Crippen LogP contribution in [0.4, 0.5) is 0 Å². The monoisotopic (exact) mass is 440 g/mol. The molecule has 1 fully saturated rings. The minimum absolute atomic E-state index is 0.0562. The van der Waals surface area contributed by atoms with Gasteiger partial charge in [0.2, 0.25) is 10.0 Å². The fourth-order valence-corrected chi connectivity index (χ4v) is 4.80. The fraction of sp³-hybridized carbons (Fsp3) is 0.318. The molecule has 1 saturated carbocycles. The minimum Gasteiger partial charge on any atom is -0.465 e. The first kappa shape index (κ1) is 21.2. The predicted octanol–water partition coefficient (Wildman–Crippen LogP) is 3.33. The smallest absolute Gasteiger partial charge is 0.337 e. The highest BCUT2D eigenvalue weighted by Gasteiger charge is 2.23. The van der Waals surface area contributed by atoms with Crippen molar-refractivity contribution in [1.29, 1.82) is 0 Å². The van der Waals surface area contributed by atoms with E-state index in [4.69, 9.17) is 5.10 Å². The summed E-state index contributed by atoms with van der Waals surface area (Å²) in [7, 11) is -2.49. The van der Waals surface area contributed by atoms with E-state index in [9.17, 15) is 13.2 Å². The van der Waals surface area contributed by atoms with Gasteiger partial charge in [0.25, 0.3) is 0 Å². The highest BCUT2D eigenvalue weighted by atomic mass is 32.2. The Kier molecular flexibility index (Phi) is 6.15. The molecule has 1 aromatic carbocycles. The van der Waals surface area contributed by atoms with Crippen LogP contribution in [0.15, 0.2) is 59.6 Å². The second kappa shape index (κ2) is 8.99. The van der Waals surface area contributed by atoms with Crippen LogP contribution in [0.1, 0.15) is 47.8 Å². The van der Waals surface area contributed by atoms with Gasteiger partial charge < -0.3 is 4.74 Å². The van der Waals surface area contributed by atoms with Crippen LogP contribution < -0.4 is 4.72 Å². The van der Waals surface area contributed by atoms with Crippen LogP contribution >= 0.6 is 0 Å². The zero-order chi connectivity index (χ0) is 21.8. The number of carbonyl (C=O) groups is 1. The van der Waals surface area contributed by atoms with Crippen LogP contribution in [0, 0.1) is 0 Å². The highest BCUT2D eigenvalue weighted by Crippen LogP contribution is 2.33. The van der Waals surface area contributed by atoms with Gasteiger partial charge in [0.05, 0.1) is 47.2 Å². The van der Waals surface area contributed by atoms with Gasteiger partial charge in [0.15, 0.2) is 0 Å². The third-order valence-electron chi connectivity index (χ3n) is 5.41. The molecule has 8 nitrogen and oxygen atoms in total. The van der Waals surface area contributed by atoms with Crippen LogP contribution in [-0.4, -0.2) is 36.3 Å². The van der Waals surface area contributed by atoms with E-state index in [2.05, 4.69) is 14.4 Å². The molecule has 31 heavy (non-hydrogen) atoms. The van der Waals surface area contributed by atoms with Gasteiger partial charge in [-0.15, -0.1) is 0 Å². The van der Waals surface area contributed by atoms with Gasteiger partial charge in [0.1, 0.15) is 0 Å². The molecule has 2 aromatic heterocycles. The van der Waals surface area contributed by atoms with E-state index in [1.54, 1.807) is 6.20 Å². The quantitative estimate of drug-likeness (QED) is 0.565. The van der Waals surface area contributed by atoms with Crippen molar-refractivity contribution in [1.82, 2.24) is 19.5 Å². The van der Waals surface area contributed by atoms with Gasteiger partial charge in [-0.05, 0) is 55.3 Å². The molecule has 0 bridgehead atoms. The number of benzene rings is 1. The van der Waals surface area contributed by atoms with Crippen molar-refractivity contribution in [2.75, 3.05) is 7.11 Å². The lowest BCUT2D eigenvalue weighted by Crippen LogP contribution is -2.23. The van der Waals surface area contributed by atoms with E-state index in [1.165, 1.54) is 31.4 Å². The average Bonchev–Trinajstić information content (AvgIpc) is 3.48. The first-order chi connectivity index (χ1) is 15.0. The number of carbonyl (C=O) groups excluding carboxylic acids is 1. The maximum Gasteiger partial charge on any atom is 0.337 e. The number of pyridine rings is 1. The van der Waals surface area contributed by atoms with E-state index in [0.717, 1.165) is 37.1 Å². The molecule has 0 radical (unpaired) electrons. The number of aromatic nitrogens is 3. The van der Waals surface area contributed by atoms with Gasteiger partial charge >= 0.3 is 5.97 Å². The number of nitrogens with zero attached hydrogens (tertiary/aromatic N) is 3. The van der Waals surface area contributed by atoms with E-state index in [-0.39, 0.29) is 17.0 Å². The van der Waals surface area contributed by atoms with E-state index in [1.807, 2.05) is 28.9 Å². The third kappa shape index (κ3) is 4.67. The Morgan fingerprint density at radius 2 is 1.90 bits per heavy atom.